The van der Waals surface area contributed by atoms with Crippen molar-refractivity contribution in [3.63, 3.8) is 0 Å². The van der Waals surface area contributed by atoms with Crippen LogP contribution in [-0.2, 0) is 13.0 Å². The second kappa shape index (κ2) is 11.1. The second-order valence-corrected chi connectivity index (χ2v) is 8.55. The largest absolute Gasteiger partial charge is 0.497 e. The van der Waals surface area contributed by atoms with Crippen molar-refractivity contribution in [2.45, 2.75) is 32.1 Å². The number of methoxy groups -OCH3 is 1. The molecule has 0 bridgehead atoms. The van der Waals surface area contributed by atoms with Crippen LogP contribution in [0.3, 0.4) is 0 Å². The molecule has 35 heavy (non-hydrogen) atoms. The number of nitrogens with one attached hydrogen (secondary N) is 1. The lowest BCUT2D eigenvalue weighted by Gasteiger charge is -2.20. The number of pyridine rings is 1. The van der Waals surface area contributed by atoms with Crippen molar-refractivity contribution in [2.24, 2.45) is 0 Å². The Hall–Kier alpha value is -3.81. The van der Waals surface area contributed by atoms with Crippen molar-refractivity contribution in [1.29, 1.82) is 0 Å². The van der Waals surface area contributed by atoms with Crippen LogP contribution in [0.1, 0.15) is 29.7 Å². The molecule has 0 aliphatic carbocycles. The third-order valence-electron chi connectivity index (χ3n) is 5.98. The molecule has 0 amide bonds. The number of rotatable bonds is 10. The fraction of sp³-hybridized carbons (Fsp3) is 0.250. The summed E-state index contributed by atoms with van der Waals surface area (Å²) in [6.07, 6.45) is -0.0589. The van der Waals surface area contributed by atoms with Crippen LogP contribution >= 0.6 is 0 Å². The minimum absolute atomic E-state index is 0.119. The lowest BCUT2D eigenvalue weighted by Crippen LogP contribution is -2.32. The van der Waals surface area contributed by atoms with E-state index in [2.05, 4.69) is 12.2 Å². The molecule has 0 fully saturated rings. The number of hydrogen-bond donors (Lipinski definition) is 3. The number of aromatic nitrogens is 1. The van der Waals surface area contributed by atoms with Gasteiger partial charge in [0, 0.05) is 24.0 Å². The van der Waals surface area contributed by atoms with Crippen LogP contribution in [0.2, 0.25) is 0 Å². The van der Waals surface area contributed by atoms with Gasteiger partial charge in [-0.1, -0.05) is 48.5 Å². The summed E-state index contributed by atoms with van der Waals surface area (Å²) in [5.74, 6) is 1.18. The van der Waals surface area contributed by atoms with E-state index in [-0.39, 0.29) is 18.2 Å². The van der Waals surface area contributed by atoms with E-state index >= 15 is 0 Å². The average Bonchev–Trinajstić information content (AvgIpc) is 2.89. The number of nitrogens with zero attached hydrogens (tertiary/aromatic N) is 1. The van der Waals surface area contributed by atoms with Crippen LogP contribution < -0.4 is 20.3 Å². The zero-order valence-electron chi connectivity index (χ0n) is 19.8. The first-order chi connectivity index (χ1) is 17.0. The summed E-state index contributed by atoms with van der Waals surface area (Å²) in [5, 5.41) is 25.4. The normalized spacial score (nSPS) is 12.9. The monoisotopic (exact) mass is 474 g/mol. The van der Waals surface area contributed by atoms with Crippen LogP contribution in [0, 0.1) is 0 Å². The van der Waals surface area contributed by atoms with Crippen LogP contribution in [-0.4, -0.2) is 34.7 Å². The summed E-state index contributed by atoms with van der Waals surface area (Å²) in [6.45, 7) is 2.65. The van der Waals surface area contributed by atoms with E-state index in [4.69, 9.17) is 9.47 Å². The van der Waals surface area contributed by atoms with Gasteiger partial charge >= 0.3 is 0 Å². The fourth-order valence-electron chi connectivity index (χ4n) is 4.09. The highest BCUT2D eigenvalue weighted by Crippen LogP contribution is 2.31. The summed E-state index contributed by atoms with van der Waals surface area (Å²) >= 11 is 0. The highest BCUT2D eigenvalue weighted by atomic mass is 16.5. The first kappa shape index (κ1) is 24.3. The molecule has 4 rings (SSSR count). The van der Waals surface area contributed by atoms with Crippen molar-refractivity contribution in [2.75, 3.05) is 13.7 Å². The van der Waals surface area contributed by atoms with Crippen molar-refractivity contribution in [3.8, 4) is 11.5 Å². The molecule has 0 saturated carbocycles. The molecule has 7 heteroatoms. The Labute approximate surface area is 204 Å². The molecule has 182 valence electrons. The molecule has 0 radical (unpaired) electrons. The molecule has 1 heterocycles. The van der Waals surface area contributed by atoms with Crippen LogP contribution in [0.15, 0.2) is 83.7 Å². The van der Waals surface area contributed by atoms with Crippen molar-refractivity contribution < 1.29 is 19.8 Å². The van der Waals surface area contributed by atoms with Crippen molar-refractivity contribution in [1.82, 2.24) is 10.0 Å². The molecule has 7 nitrogen and oxygen atoms in total. The Bertz CT molecular complexity index is 1320. The van der Waals surface area contributed by atoms with Gasteiger partial charge in [-0.25, -0.2) is 0 Å². The zero-order chi connectivity index (χ0) is 24.8. The minimum Gasteiger partial charge on any atom is -0.497 e. The van der Waals surface area contributed by atoms with Gasteiger partial charge in [0.2, 0.25) is 0 Å². The smallest absolute Gasteiger partial charge is 0.283 e. The molecule has 1 aromatic heterocycles. The summed E-state index contributed by atoms with van der Waals surface area (Å²) in [4.78, 5) is 12.1. The van der Waals surface area contributed by atoms with E-state index in [9.17, 15) is 15.1 Å². The van der Waals surface area contributed by atoms with Crippen molar-refractivity contribution >= 4 is 10.9 Å². The van der Waals surface area contributed by atoms with Gasteiger partial charge in [-0.15, -0.1) is 4.73 Å². The maximum absolute atomic E-state index is 12.1. The SMILES string of the molecule is COc1ccc(C[C@@H](C)NC[C@H](O)c2ccc(OCc3ccccc3)c3c2ccc(=O)n3O)cc1. The van der Waals surface area contributed by atoms with E-state index in [1.54, 1.807) is 25.3 Å². The molecule has 3 N–H and O–H groups in total. The van der Waals surface area contributed by atoms with Crippen LogP contribution in [0.5, 0.6) is 11.5 Å². The zero-order valence-corrected chi connectivity index (χ0v) is 19.8. The van der Waals surface area contributed by atoms with Gasteiger partial charge in [-0.3, -0.25) is 4.79 Å². The summed E-state index contributed by atoms with van der Waals surface area (Å²) in [7, 11) is 1.64. The number of hydrogen-bond acceptors (Lipinski definition) is 6. The third-order valence-corrected chi connectivity index (χ3v) is 5.98. The van der Waals surface area contributed by atoms with Gasteiger partial charge in [-0.05, 0) is 54.3 Å². The molecule has 3 aromatic carbocycles. The third kappa shape index (κ3) is 5.82. The van der Waals surface area contributed by atoms with Crippen LogP contribution in [0.4, 0.5) is 0 Å². The summed E-state index contributed by atoms with van der Waals surface area (Å²) < 4.78 is 11.7. The maximum atomic E-state index is 12.1. The molecule has 2 atom stereocenters. The number of benzene rings is 3. The van der Waals surface area contributed by atoms with Gasteiger partial charge in [0.05, 0.1) is 13.2 Å². The van der Waals surface area contributed by atoms with Crippen molar-refractivity contribution in [3.05, 3.63) is 106 Å². The lowest BCUT2D eigenvalue weighted by atomic mass is 10.0. The second-order valence-electron chi connectivity index (χ2n) is 8.55. The van der Waals surface area contributed by atoms with Gasteiger partial charge in [-0.2, -0.15) is 0 Å². The van der Waals surface area contributed by atoms with Gasteiger partial charge in [0.25, 0.3) is 5.56 Å². The number of aliphatic hydroxyl groups excluding tert-OH is 1. The molecule has 0 aliphatic heterocycles. The van der Waals surface area contributed by atoms with Gasteiger partial charge < -0.3 is 25.1 Å². The number of aliphatic hydroxyl groups is 1. The summed E-state index contributed by atoms with van der Waals surface area (Å²) in [5.41, 5.74) is 2.38. The molecule has 0 unspecified atom stereocenters. The highest BCUT2D eigenvalue weighted by Gasteiger charge is 2.18. The Morgan fingerprint density at radius 3 is 2.40 bits per heavy atom. The number of ether oxygens (including phenoxy) is 2. The van der Waals surface area contributed by atoms with E-state index in [0.717, 1.165) is 23.3 Å². The Morgan fingerprint density at radius 1 is 0.943 bits per heavy atom. The predicted molar refractivity (Wildman–Crippen MR) is 135 cm³/mol. The van der Waals surface area contributed by atoms with E-state index < -0.39 is 11.7 Å². The molecule has 4 aromatic rings. The Kier molecular flexibility index (Phi) is 7.70. The lowest BCUT2D eigenvalue weighted by molar-refractivity contribution is 0.171. The van der Waals surface area contributed by atoms with Gasteiger partial charge in [0.15, 0.2) is 0 Å². The Balaban J connectivity index is 1.50. The van der Waals surface area contributed by atoms with E-state index in [1.807, 2.05) is 54.6 Å². The highest BCUT2D eigenvalue weighted by molar-refractivity contribution is 5.88. The average molecular weight is 475 g/mol. The first-order valence-corrected chi connectivity index (χ1v) is 11.5. The quantitative estimate of drug-likeness (QED) is 0.300. The maximum Gasteiger partial charge on any atom is 0.283 e. The molecule has 0 spiro atoms. The number of fused-ring (bicyclic) bond motifs is 1. The predicted octanol–water partition coefficient (Wildman–Crippen LogP) is 4.08. The molecule has 0 aliphatic rings. The first-order valence-electron chi connectivity index (χ1n) is 11.5. The van der Waals surface area contributed by atoms with Gasteiger partial charge in [0.1, 0.15) is 23.6 Å². The summed E-state index contributed by atoms with van der Waals surface area (Å²) in [6, 6.07) is 24.0. The van der Waals surface area contributed by atoms with Crippen LogP contribution in [0.25, 0.3) is 10.9 Å². The topological polar surface area (TPSA) is 93.0 Å². The van der Waals surface area contributed by atoms with E-state index in [1.165, 1.54) is 6.07 Å². The Morgan fingerprint density at radius 2 is 1.69 bits per heavy atom. The minimum atomic E-state index is -0.850. The fourth-order valence-corrected chi connectivity index (χ4v) is 4.09. The standard InChI is InChI=1S/C28H30N2O5/c1-19(16-20-8-10-22(34-2)11-9-20)29-17-25(31)23-12-14-26(35-18-21-6-4-3-5-7-21)28-24(23)13-15-27(32)30(28)33/h3-15,19,25,29,31,33H,16-18H2,1-2H3/t19-,25+/m1/s1. The molecular formula is C28H30N2O5. The molecular weight excluding hydrogens is 444 g/mol. The molecule has 0 saturated heterocycles. The van der Waals surface area contributed by atoms with E-state index in [0.29, 0.717) is 28.0 Å².